The van der Waals surface area contributed by atoms with E-state index in [9.17, 15) is 9.59 Å². The standard InChI is InChI=1S/C17H15ClN8O2S/c1-23-13-11(14(27)24(2)17(23)28)25(15(18)20-13)7-10-8-29-16-22-21-12(26(10)16)9-4-3-5-19-6-9/h3-6,10H,7-8H2,1-2H3. The van der Waals surface area contributed by atoms with Gasteiger partial charge in [-0.15, -0.1) is 10.2 Å². The van der Waals surface area contributed by atoms with Crippen LogP contribution >= 0.6 is 23.4 Å². The first-order chi connectivity index (χ1) is 14.0. The van der Waals surface area contributed by atoms with Crippen molar-refractivity contribution in [3.8, 4) is 11.4 Å². The molecule has 1 aliphatic heterocycles. The van der Waals surface area contributed by atoms with Crippen molar-refractivity contribution in [3.63, 3.8) is 0 Å². The summed E-state index contributed by atoms with van der Waals surface area (Å²) in [7, 11) is 3.01. The Balaban J connectivity index is 1.64. The molecule has 1 unspecified atom stereocenters. The van der Waals surface area contributed by atoms with Gasteiger partial charge in [-0.2, -0.15) is 4.98 Å². The van der Waals surface area contributed by atoms with Crippen LogP contribution in [-0.4, -0.2) is 44.2 Å². The van der Waals surface area contributed by atoms with E-state index in [2.05, 4.69) is 20.2 Å². The lowest BCUT2D eigenvalue weighted by Gasteiger charge is -2.16. The summed E-state index contributed by atoms with van der Waals surface area (Å²) in [6.07, 6.45) is 3.44. The van der Waals surface area contributed by atoms with E-state index in [4.69, 9.17) is 11.6 Å². The van der Waals surface area contributed by atoms with Crippen LogP contribution in [0.3, 0.4) is 0 Å². The highest BCUT2D eigenvalue weighted by Gasteiger charge is 2.30. The first-order valence-corrected chi connectivity index (χ1v) is 10.1. The summed E-state index contributed by atoms with van der Waals surface area (Å²) in [5.41, 5.74) is 0.558. The summed E-state index contributed by atoms with van der Waals surface area (Å²) in [5, 5.41) is 9.55. The molecule has 0 fully saturated rings. The van der Waals surface area contributed by atoms with Gasteiger partial charge in [0.25, 0.3) is 5.56 Å². The number of imidazole rings is 1. The van der Waals surface area contributed by atoms with Gasteiger partial charge < -0.3 is 4.57 Å². The predicted octanol–water partition coefficient (Wildman–Crippen LogP) is 1.09. The molecule has 4 aromatic rings. The quantitative estimate of drug-likeness (QED) is 0.448. The van der Waals surface area contributed by atoms with Crippen LogP contribution in [0.2, 0.25) is 5.28 Å². The van der Waals surface area contributed by atoms with Gasteiger partial charge in [0.2, 0.25) is 5.28 Å². The molecule has 0 saturated heterocycles. The Bertz CT molecular complexity index is 1370. The summed E-state index contributed by atoms with van der Waals surface area (Å²) in [4.78, 5) is 33.4. The molecule has 148 valence electrons. The predicted molar refractivity (Wildman–Crippen MR) is 108 cm³/mol. The SMILES string of the molecule is Cn1c(=O)c2c(nc(Cl)n2CC2CSc3nnc(-c4cccnc4)n32)n(C)c1=O. The zero-order valence-electron chi connectivity index (χ0n) is 15.5. The lowest BCUT2D eigenvalue weighted by atomic mass is 10.2. The molecule has 0 spiro atoms. The van der Waals surface area contributed by atoms with Crippen LogP contribution in [0.4, 0.5) is 0 Å². The smallest absolute Gasteiger partial charge is 0.307 e. The Kier molecular flexibility index (Phi) is 4.10. The van der Waals surface area contributed by atoms with Crippen LogP contribution in [0.1, 0.15) is 6.04 Å². The van der Waals surface area contributed by atoms with Crippen LogP contribution in [0, 0.1) is 0 Å². The van der Waals surface area contributed by atoms with Gasteiger partial charge in [0.1, 0.15) is 0 Å². The summed E-state index contributed by atoms with van der Waals surface area (Å²) < 4.78 is 6.08. The fourth-order valence-electron chi connectivity index (χ4n) is 3.57. The maximum Gasteiger partial charge on any atom is 0.332 e. The highest BCUT2D eigenvalue weighted by atomic mass is 35.5. The zero-order valence-corrected chi connectivity index (χ0v) is 17.1. The molecule has 1 aliphatic rings. The minimum atomic E-state index is -0.444. The number of rotatable bonds is 3. The molecule has 0 radical (unpaired) electrons. The molecule has 1 atom stereocenters. The van der Waals surface area contributed by atoms with E-state index in [1.54, 1.807) is 35.8 Å². The minimum absolute atomic E-state index is 0.0444. The van der Waals surface area contributed by atoms with Crippen molar-refractivity contribution in [2.75, 3.05) is 5.75 Å². The third-order valence-corrected chi connectivity index (χ3v) is 6.43. The van der Waals surface area contributed by atoms with Gasteiger partial charge in [-0.1, -0.05) is 11.8 Å². The Hall–Kier alpha value is -2.92. The molecule has 5 heterocycles. The fourth-order valence-corrected chi connectivity index (χ4v) is 4.88. The Labute approximate surface area is 172 Å². The van der Waals surface area contributed by atoms with Gasteiger partial charge in [0, 0.05) is 44.4 Å². The molecular weight excluding hydrogens is 416 g/mol. The number of nitrogens with zero attached hydrogens (tertiary/aromatic N) is 8. The molecule has 29 heavy (non-hydrogen) atoms. The third-order valence-electron chi connectivity index (χ3n) is 5.05. The van der Waals surface area contributed by atoms with E-state index in [0.717, 1.165) is 21.0 Å². The molecule has 12 heteroatoms. The van der Waals surface area contributed by atoms with Crippen LogP contribution in [0.5, 0.6) is 0 Å². The van der Waals surface area contributed by atoms with Gasteiger partial charge in [-0.3, -0.25) is 23.5 Å². The molecule has 10 nitrogen and oxygen atoms in total. The number of pyridine rings is 1. The van der Waals surface area contributed by atoms with Gasteiger partial charge >= 0.3 is 5.69 Å². The number of hydrogen-bond donors (Lipinski definition) is 0. The van der Waals surface area contributed by atoms with Gasteiger partial charge in [0.15, 0.2) is 22.1 Å². The number of aryl methyl sites for hydroxylation is 1. The Morgan fingerprint density at radius 1 is 1.24 bits per heavy atom. The largest absolute Gasteiger partial charge is 0.332 e. The lowest BCUT2D eigenvalue weighted by Crippen LogP contribution is -2.37. The third kappa shape index (κ3) is 2.64. The second-order valence-electron chi connectivity index (χ2n) is 6.75. The molecule has 0 aromatic carbocycles. The van der Waals surface area contributed by atoms with Crippen molar-refractivity contribution in [1.82, 2.24) is 38.4 Å². The van der Waals surface area contributed by atoms with E-state index in [1.165, 1.54) is 11.6 Å². The molecule has 0 bridgehead atoms. The van der Waals surface area contributed by atoms with E-state index in [1.807, 2.05) is 16.7 Å². The second kappa shape index (κ2) is 6.56. The lowest BCUT2D eigenvalue weighted by molar-refractivity contribution is 0.468. The average Bonchev–Trinajstić information content (AvgIpc) is 3.41. The van der Waals surface area contributed by atoms with Crippen LogP contribution in [0.15, 0.2) is 39.3 Å². The summed E-state index contributed by atoms with van der Waals surface area (Å²) in [6, 6.07) is 3.73. The van der Waals surface area contributed by atoms with E-state index in [-0.39, 0.29) is 17.0 Å². The van der Waals surface area contributed by atoms with Gasteiger partial charge in [-0.25, -0.2) is 4.79 Å². The first kappa shape index (κ1) is 18.1. The number of aromatic nitrogens is 8. The second-order valence-corrected chi connectivity index (χ2v) is 8.08. The van der Waals surface area contributed by atoms with Gasteiger partial charge in [-0.05, 0) is 23.7 Å². The van der Waals surface area contributed by atoms with Crippen molar-refractivity contribution < 1.29 is 0 Å². The Morgan fingerprint density at radius 3 is 2.83 bits per heavy atom. The average molecular weight is 431 g/mol. The van der Waals surface area contributed by atoms with Crippen LogP contribution in [0.25, 0.3) is 22.6 Å². The van der Waals surface area contributed by atoms with Crippen molar-refractivity contribution in [2.45, 2.75) is 17.7 Å². The van der Waals surface area contributed by atoms with E-state index >= 15 is 0 Å². The highest BCUT2D eigenvalue weighted by Crippen LogP contribution is 2.37. The van der Waals surface area contributed by atoms with Crippen molar-refractivity contribution in [3.05, 3.63) is 50.6 Å². The Morgan fingerprint density at radius 2 is 2.07 bits per heavy atom. The molecule has 5 rings (SSSR count). The van der Waals surface area contributed by atoms with Gasteiger partial charge in [0.05, 0.1) is 6.04 Å². The summed E-state index contributed by atoms with van der Waals surface area (Å²) in [5.74, 6) is 1.46. The first-order valence-electron chi connectivity index (χ1n) is 8.77. The summed E-state index contributed by atoms with van der Waals surface area (Å²) in [6.45, 7) is 0.397. The molecular formula is C17H15ClN8O2S. The molecule has 0 amide bonds. The molecule has 0 aliphatic carbocycles. The van der Waals surface area contributed by atoms with Crippen molar-refractivity contribution in [2.24, 2.45) is 14.1 Å². The molecule has 0 saturated carbocycles. The zero-order chi connectivity index (χ0) is 20.3. The van der Waals surface area contributed by atoms with E-state index in [0.29, 0.717) is 17.9 Å². The minimum Gasteiger partial charge on any atom is -0.307 e. The monoisotopic (exact) mass is 430 g/mol. The number of hydrogen-bond acceptors (Lipinski definition) is 7. The van der Waals surface area contributed by atoms with E-state index < -0.39 is 11.2 Å². The van der Waals surface area contributed by atoms with Crippen LogP contribution < -0.4 is 11.2 Å². The number of thioether (sulfide) groups is 1. The maximum absolute atomic E-state index is 12.8. The van der Waals surface area contributed by atoms with Crippen molar-refractivity contribution in [1.29, 1.82) is 0 Å². The maximum atomic E-state index is 12.8. The number of halogens is 1. The van der Waals surface area contributed by atoms with Crippen LogP contribution in [-0.2, 0) is 20.6 Å². The normalized spacial score (nSPS) is 15.9. The topological polar surface area (TPSA) is 105 Å². The summed E-state index contributed by atoms with van der Waals surface area (Å²) >= 11 is 7.97. The fraction of sp³-hybridized carbons (Fsp3) is 0.294. The van der Waals surface area contributed by atoms with Crippen molar-refractivity contribution >= 4 is 34.5 Å². The number of fused-ring (bicyclic) bond motifs is 2. The molecule has 0 N–H and O–H groups in total. The highest BCUT2D eigenvalue weighted by molar-refractivity contribution is 7.99. The molecule has 4 aromatic heterocycles.